The number of benzene rings is 6. The quantitative estimate of drug-likeness (QED) is 0.00785. The summed E-state index contributed by atoms with van der Waals surface area (Å²) in [7, 11) is 0. The number of epoxide rings is 1. The first-order valence-corrected chi connectivity index (χ1v) is 46.7. The highest BCUT2D eigenvalue weighted by atomic mass is 19.1. The largest absolute Gasteiger partial charge is 0.445 e. The molecule has 19 rings (SSSR count). The van der Waals surface area contributed by atoms with Gasteiger partial charge in [-0.05, 0) is 58.3 Å². The van der Waals surface area contributed by atoms with Crippen LogP contribution in [0.4, 0.5) is 69.9 Å². The lowest BCUT2D eigenvalue weighted by atomic mass is 10.2. The predicted octanol–water partition coefficient (Wildman–Crippen LogP) is 12.1. The number of alkyl halides is 4. The van der Waals surface area contributed by atoms with Crippen molar-refractivity contribution in [2.75, 3.05) is 178 Å². The van der Waals surface area contributed by atoms with E-state index in [1.54, 1.807) is 9.80 Å². The highest BCUT2D eigenvalue weighted by molar-refractivity contribution is 5.71. The molecule has 7 N–H and O–H groups in total. The number of azide groups is 2. The number of likely N-dealkylation sites (tertiary alicyclic amines) is 5. The number of nitrogens with zero attached hydrogens (tertiary/aromatic N) is 18. The molecule has 6 amide bonds. The molecule has 0 saturated carbocycles. The first-order valence-electron chi connectivity index (χ1n) is 46.7. The van der Waals surface area contributed by atoms with E-state index < -0.39 is 79.3 Å². The van der Waals surface area contributed by atoms with Gasteiger partial charge in [0.2, 0.25) is 11.9 Å². The molecule has 43 heteroatoms. The molecule has 0 spiro atoms. The summed E-state index contributed by atoms with van der Waals surface area (Å²) >= 11 is 0. The Morgan fingerprint density at radius 1 is 0.411 bits per heavy atom. The van der Waals surface area contributed by atoms with Crippen LogP contribution in [0.3, 0.4) is 0 Å². The first-order chi connectivity index (χ1) is 68.6. The van der Waals surface area contributed by atoms with Crippen molar-refractivity contribution < 1.29 is 94.1 Å². The van der Waals surface area contributed by atoms with Crippen LogP contribution in [0, 0.1) is 13.8 Å². The van der Waals surface area contributed by atoms with Crippen molar-refractivity contribution in [1.29, 1.82) is 0 Å². The van der Waals surface area contributed by atoms with Crippen molar-refractivity contribution in [3.8, 4) is 0 Å². The Kier molecular flexibility index (Phi) is 42.1. The third-order valence-corrected chi connectivity index (χ3v) is 23.3. The van der Waals surface area contributed by atoms with Crippen LogP contribution in [0.25, 0.3) is 20.9 Å². The Morgan fingerprint density at radius 2 is 0.752 bits per heavy atom. The van der Waals surface area contributed by atoms with Gasteiger partial charge in [0.1, 0.15) is 88.2 Å². The van der Waals surface area contributed by atoms with Gasteiger partial charge in [0.05, 0.1) is 102 Å². The molecule has 9 saturated heterocycles. The van der Waals surface area contributed by atoms with E-state index in [0.29, 0.717) is 90.8 Å². The highest BCUT2D eigenvalue weighted by Crippen LogP contribution is 2.32. The van der Waals surface area contributed by atoms with Crippen LogP contribution in [0.15, 0.2) is 229 Å². The molecule has 0 radical (unpaired) electrons. The smallest absolute Gasteiger partial charge is 0.410 e. The van der Waals surface area contributed by atoms with Crippen molar-refractivity contribution in [2.45, 2.75) is 127 Å². The van der Waals surface area contributed by atoms with Gasteiger partial charge in [-0.3, -0.25) is 0 Å². The molecule has 13 heterocycles. The third kappa shape index (κ3) is 35.3. The van der Waals surface area contributed by atoms with Crippen LogP contribution < -0.4 is 36.8 Å². The number of aromatic nitrogens is 4. The number of aliphatic hydroxyl groups excluding tert-OH is 1. The zero-order valence-electron chi connectivity index (χ0n) is 78.6. The second kappa shape index (κ2) is 56.2. The Balaban J connectivity index is 0.000000147. The van der Waals surface area contributed by atoms with Crippen molar-refractivity contribution in [3.05, 3.63) is 284 Å². The Morgan fingerprint density at radius 3 is 1.11 bits per heavy atom. The van der Waals surface area contributed by atoms with Crippen LogP contribution in [0.2, 0.25) is 0 Å². The number of hydrogen-bond donors (Lipinski definition) is 6. The molecule has 2 aromatic heterocycles. The number of halogens is 4. The van der Waals surface area contributed by atoms with E-state index in [-0.39, 0.29) is 109 Å². The summed E-state index contributed by atoms with van der Waals surface area (Å²) < 4.78 is 102. The maximum Gasteiger partial charge on any atom is 0.410 e. The molecule has 6 aromatic carbocycles. The van der Waals surface area contributed by atoms with Crippen LogP contribution in [-0.2, 0) is 82.3 Å². The Bertz CT molecular complexity index is 5250. The van der Waals surface area contributed by atoms with Crippen LogP contribution in [0.1, 0.15) is 44.8 Å². The summed E-state index contributed by atoms with van der Waals surface area (Å²) in [6.07, 6.45) is 0.635. The molecule has 141 heavy (non-hydrogen) atoms. The molecule has 11 aliphatic rings. The van der Waals surface area contributed by atoms with E-state index in [9.17, 15) is 51.4 Å². The molecule has 8 aromatic rings. The van der Waals surface area contributed by atoms with E-state index >= 15 is 0 Å². The average molecular weight is 1950 g/mol. The van der Waals surface area contributed by atoms with Gasteiger partial charge in [0.15, 0.2) is 0 Å². The minimum Gasteiger partial charge on any atom is -0.445 e. The molecule has 0 bridgehead atoms. The summed E-state index contributed by atoms with van der Waals surface area (Å²) in [5, 5.41) is 28.6. The van der Waals surface area contributed by atoms with Gasteiger partial charge in [-0.2, -0.15) is 9.97 Å². The molecular formula is C98H121F4N23O16. The van der Waals surface area contributed by atoms with E-state index in [1.165, 1.54) is 19.6 Å². The van der Waals surface area contributed by atoms with Gasteiger partial charge in [-0.1, -0.05) is 217 Å². The number of amides is 6. The second-order valence-corrected chi connectivity index (χ2v) is 34.1. The monoisotopic (exact) mass is 1950 g/mol. The number of hydrogen-bond acceptors (Lipinski definition) is 29. The number of fused-ring (bicyclic) bond motifs is 1. The summed E-state index contributed by atoms with van der Waals surface area (Å²) in [5.41, 5.74) is 29.3. The number of nitrogens with two attached hydrogens (primary N) is 1. The van der Waals surface area contributed by atoms with Gasteiger partial charge in [-0.15, -0.1) is 0 Å². The number of anilines is 4. The normalized spacial score (nSPS) is 22.4. The number of rotatable bonds is 20. The summed E-state index contributed by atoms with van der Waals surface area (Å²) in [6, 6.07) is 57.6. The first kappa shape index (κ1) is 106. The van der Waals surface area contributed by atoms with E-state index in [4.69, 9.17) is 59.4 Å². The van der Waals surface area contributed by atoms with Crippen molar-refractivity contribution in [3.63, 3.8) is 0 Å². The van der Waals surface area contributed by atoms with Crippen LogP contribution in [-0.4, -0.2) is 322 Å². The number of morpholine rings is 3. The van der Waals surface area contributed by atoms with Crippen molar-refractivity contribution >= 4 is 60.1 Å². The predicted molar refractivity (Wildman–Crippen MR) is 516 cm³/mol. The molecule has 752 valence electrons. The topological polar surface area (TPSA) is 458 Å². The summed E-state index contributed by atoms with van der Waals surface area (Å²) in [5.74, 6) is 2.54. The fourth-order valence-corrected chi connectivity index (χ4v) is 15.5. The van der Waals surface area contributed by atoms with E-state index in [2.05, 4.69) is 83.2 Å². The lowest BCUT2D eigenvalue weighted by Gasteiger charge is -2.28. The fourth-order valence-electron chi connectivity index (χ4n) is 15.5. The molecule has 39 nitrogen and oxygen atoms in total. The minimum absolute atomic E-state index is 0.0204. The van der Waals surface area contributed by atoms with Crippen LogP contribution >= 0.6 is 0 Å². The number of β-amino-alcohol motifs (C(OH)–C–C–N with tert-alkyl or cyclic N) is 1. The Hall–Kier alpha value is -14.2. The number of aryl methyl sites for hydroxylation is 2. The van der Waals surface area contributed by atoms with Gasteiger partial charge >= 0.3 is 36.6 Å². The Labute approximate surface area is 814 Å². The average Bonchev–Trinajstić information content (AvgIpc) is 1.64. The lowest BCUT2D eigenvalue weighted by molar-refractivity contribution is 0.0902. The summed E-state index contributed by atoms with van der Waals surface area (Å²) in [4.78, 5) is 106. The molecular weight excluding hydrogens is 1830 g/mol. The van der Waals surface area contributed by atoms with Gasteiger partial charge in [-0.25, -0.2) is 56.3 Å². The van der Waals surface area contributed by atoms with Crippen molar-refractivity contribution in [2.24, 2.45) is 16.0 Å². The maximum atomic E-state index is 14.6. The van der Waals surface area contributed by atoms with Gasteiger partial charge < -0.3 is 114 Å². The number of ether oxygens (including phenoxy) is 9. The molecule has 12 atom stereocenters. The fraction of sp³-hybridized carbons (Fsp3) is 0.449. The molecule has 9 fully saturated rings. The SMILES string of the molecule is C1=CCNC1.Cc1cc(N2CCOCC2)nc(N[C@@H]2CN(C(=O)OCc3ccccc3)C[C@H]2F)n1.Cc1cc(N2CCOCC2)nc(N[C@@H]2CNC[C@H]2F)n1.N[C@@H]1CN(C(=O)OCc2ccccc2)C[C@H]1F.O=C(OCc1ccccc1)N1CC2OC2C1.O=C(OCc1ccccc1)N1CC=CC1.[N-]=[N+]=N[C@@H]1CN(C(=O)OCc2ccccc2)C[C@H]1F.[N-]=[N+]=N[C@@H]1CN(C(=O)OCc2ccccc2)C[C@H]1O. The van der Waals surface area contributed by atoms with Gasteiger partial charge in [0, 0.05) is 125 Å². The number of carbonyl (C=O) groups excluding carboxylic acids is 6. The third-order valence-electron chi connectivity index (χ3n) is 23.3. The van der Waals surface area contributed by atoms with E-state index in [1.807, 2.05) is 220 Å². The lowest BCUT2D eigenvalue weighted by Crippen LogP contribution is -2.37. The maximum absolute atomic E-state index is 14.6. The molecule has 11 aliphatic heterocycles. The zero-order valence-corrected chi connectivity index (χ0v) is 78.6. The number of nitrogens with one attached hydrogen (secondary N) is 4. The van der Waals surface area contributed by atoms with E-state index in [0.717, 1.165) is 95.7 Å². The zero-order chi connectivity index (χ0) is 99.5. The molecule has 2 unspecified atom stereocenters. The standard InChI is InChI=1S/C21H26FN5O3.C13H20FN5O.C12H13FN4O2.C12H15FN2O2.C12H14N4O3.C12H13NO3.C12H13NO2.C4H7N/c1-15-11-19(26-7-9-29-10-8-26)25-20(23-15)24-18-13-27(12-17(18)22)21(28)30-14-16-5-3-2-4-6-16;1-9-6-12(19-2-4-20-5-3-19)18-13(16-9)17-11-8-15-7-10(11)14;13-10-6-17(7-11(10)15-16-14)12(18)19-8-9-4-2-1-3-5-9;13-10-6-15(7-11(10)14)12(16)17-8-9-4-2-1-3-5-9;13-15-14-10-6-16(7-11(10)17)12(18)19-8-9-4-2-1-3-5-9;14-12(13-6-10-11(7-13)16-10)15-8-9-4-2-1-3-5-9;14-12(13-8-4-5-9-13)15-10-11-6-2-1-3-7-11;1-2-4-5-3-1/h2-6,11,17-18H,7-10,12-14H2,1H3,(H,23,24,25);6,10-11,15H,2-5,7-8H2,1H3,(H,16,17,18);1-5,10-11H,6-8H2;1-5,10-11H,6-8,14H2;1-5,10-11,17H,6-8H2;1-5,10-11H,6-8H2;1-7H,8-10H2;1-2,5H,3-4H2/t17-,18-;4*10-,11-;;;/m11111.../s1. The molecule has 0 aliphatic carbocycles. The van der Waals surface area contributed by atoms with Crippen molar-refractivity contribution in [1.82, 2.24) is 60.0 Å². The number of aliphatic hydroxyl groups is 1. The van der Waals surface area contributed by atoms with Crippen LogP contribution in [0.5, 0.6) is 0 Å². The summed E-state index contributed by atoms with van der Waals surface area (Å²) in [6.45, 7) is 17.5. The second-order valence-electron chi connectivity index (χ2n) is 34.1. The van der Waals surface area contributed by atoms with Gasteiger partial charge in [0.25, 0.3) is 0 Å². The minimum atomic E-state index is -1.33. The number of carbonyl (C=O) groups is 6. The highest BCUT2D eigenvalue weighted by Gasteiger charge is 2.49.